The normalized spacial score (nSPS) is 10.4. The molecular weight excluding hydrogens is 272 g/mol. The molecule has 20 heavy (non-hydrogen) atoms. The molecule has 104 valence electrons. The maximum Gasteiger partial charge on any atom is 0.255 e. The molecule has 3 nitrogen and oxygen atoms in total. The van der Waals surface area contributed by atoms with Gasteiger partial charge in [-0.1, -0.05) is 36.2 Å². The van der Waals surface area contributed by atoms with E-state index in [2.05, 4.69) is 10.3 Å². The van der Waals surface area contributed by atoms with E-state index in [1.807, 2.05) is 39.0 Å². The van der Waals surface area contributed by atoms with Gasteiger partial charge in [-0.15, -0.1) is 0 Å². The lowest BCUT2D eigenvalue weighted by Gasteiger charge is -2.10. The van der Waals surface area contributed by atoms with Crippen molar-refractivity contribution in [2.45, 2.75) is 27.2 Å². The monoisotopic (exact) mass is 288 g/mol. The van der Waals surface area contributed by atoms with Crippen molar-refractivity contribution in [3.05, 3.63) is 57.9 Å². The number of anilines is 1. The Morgan fingerprint density at radius 3 is 2.65 bits per heavy atom. The molecule has 0 atom stereocenters. The van der Waals surface area contributed by atoms with Crippen molar-refractivity contribution >= 4 is 23.2 Å². The standard InChI is InChI=1S/C16H17ClN2O/c1-4-13-8-12(9-15(17)18-13)16(20)19-14-6-5-10(2)7-11(14)3/h5-9H,4H2,1-3H3,(H,19,20). The number of hydrogen-bond donors (Lipinski definition) is 1. The Bertz CT molecular complexity index is 653. The van der Waals surface area contributed by atoms with Crippen molar-refractivity contribution < 1.29 is 4.79 Å². The summed E-state index contributed by atoms with van der Waals surface area (Å²) in [5.41, 5.74) is 4.35. The summed E-state index contributed by atoms with van der Waals surface area (Å²) in [4.78, 5) is 16.4. The van der Waals surface area contributed by atoms with E-state index in [0.29, 0.717) is 10.7 Å². The van der Waals surface area contributed by atoms with Gasteiger partial charge < -0.3 is 5.32 Å². The Kier molecular flexibility index (Phi) is 4.40. The summed E-state index contributed by atoms with van der Waals surface area (Å²) >= 11 is 5.94. The lowest BCUT2D eigenvalue weighted by molar-refractivity contribution is 0.102. The average molecular weight is 289 g/mol. The highest BCUT2D eigenvalue weighted by Gasteiger charge is 2.10. The van der Waals surface area contributed by atoms with Gasteiger partial charge in [-0.2, -0.15) is 0 Å². The second kappa shape index (κ2) is 6.06. The molecule has 0 radical (unpaired) electrons. The van der Waals surface area contributed by atoms with Gasteiger partial charge in [0, 0.05) is 16.9 Å². The number of nitrogens with zero attached hydrogens (tertiary/aromatic N) is 1. The molecular formula is C16H17ClN2O. The maximum atomic E-state index is 12.3. The number of pyridine rings is 1. The molecule has 1 amide bonds. The first kappa shape index (κ1) is 14.5. The molecule has 0 saturated carbocycles. The van der Waals surface area contributed by atoms with Gasteiger partial charge >= 0.3 is 0 Å². The zero-order chi connectivity index (χ0) is 14.7. The quantitative estimate of drug-likeness (QED) is 0.862. The third-order valence-corrected chi connectivity index (χ3v) is 3.30. The van der Waals surface area contributed by atoms with Gasteiger partial charge in [-0.3, -0.25) is 4.79 Å². The van der Waals surface area contributed by atoms with Crippen molar-refractivity contribution in [2.75, 3.05) is 5.32 Å². The number of carbonyl (C=O) groups excluding carboxylic acids is 1. The molecule has 0 unspecified atom stereocenters. The predicted molar refractivity (Wildman–Crippen MR) is 82.5 cm³/mol. The van der Waals surface area contributed by atoms with E-state index in [-0.39, 0.29) is 5.91 Å². The van der Waals surface area contributed by atoms with E-state index < -0.39 is 0 Å². The molecule has 0 aliphatic carbocycles. The number of nitrogens with one attached hydrogen (secondary N) is 1. The van der Waals surface area contributed by atoms with Gasteiger partial charge in [-0.05, 0) is 44.0 Å². The number of amides is 1. The van der Waals surface area contributed by atoms with Crippen LogP contribution in [0.15, 0.2) is 30.3 Å². The zero-order valence-electron chi connectivity index (χ0n) is 11.8. The highest BCUT2D eigenvalue weighted by Crippen LogP contribution is 2.18. The molecule has 0 saturated heterocycles. The largest absolute Gasteiger partial charge is 0.322 e. The van der Waals surface area contributed by atoms with E-state index in [1.165, 1.54) is 5.56 Å². The van der Waals surface area contributed by atoms with Crippen LogP contribution in [0, 0.1) is 13.8 Å². The zero-order valence-corrected chi connectivity index (χ0v) is 12.6. The first-order chi connectivity index (χ1) is 9.49. The minimum absolute atomic E-state index is 0.170. The molecule has 0 fully saturated rings. The van der Waals surface area contributed by atoms with Gasteiger partial charge in [-0.25, -0.2) is 4.98 Å². The molecule has 1 heterocycles. The van der Waals surface area contributed by atoms with Crippen LogP contribution in [0.2, 0.25) is 5.15 Å². The summed E-state index contributed by atoms with van der Waals surface area (Å²) in [5.74, 6) is -0.170. The van der Waals surface area contributed by atoms with Gasteiger partial charge in [0.2, 0.25) is 0 Å². The first-order valence-electron chi connectivity index (χ1n) is 6.54. The van der Waals surface area contributed by atoms with Crippen LogP contribution in [0.1, 0.15) is 34.1 Å². The van der Waals surface area contributed by atoms with Gasteiger partial charge in [0.05, 0.1) is 0 Å². The van der Waals surface area contributed by atoms with Crippen molar-refractivity contribution in [2.24, 2.45) is 0 Å². The van der Waals surface area contributed by atoms with Crippen LogP contribution in [0.4, 0.5) is 5.69 Å². The second-order valence-electron chi connectivity index (χ2n) is 4.80. The lowest BCUT2D eigenvalue weighted by Crippen LogP contribution is -2.13. The maximum absolute atomic E-state index is 12.3. The fraction of sp³-hybridized carbons (Fsp3) is 0.250. The Morgan fingerprint density at radius 1 is 1.25 bits per heavy atom. The van der Waals surface area contributed by atoms with Crippen molar-refractivity contribution in [1.29, 1.82) is 0 Å². The van der Waals surface area contributed by atoms with Crippen LogP contribution in [0.25, 0.3) is 0 Å². The molecule has 0 aliphatic rings. The highest BCUT2D eigenvalue weighted by atomic mass is 35.5. The number of benzene rings is 1. The summed E-state index contributed by atoms with van der Waals surface area (Å²) in [6.45, 7) is 5.97. The van der Waals surface area contributed by atoms with Crippen LogP contribution >= 0.6 is 11.6 Å². The number of hydrogen-bond acceptors (Lipinski definition) is 2. The predicted octanol–water partition coefficient (Wildman–Crippen LogP) is 4.17. The van der Waals surface area contributed by atoms with E-state index in [9.17, 15) is 4.79 Å². The molecule has 0 spiro atoms. The summed E-state index contributed by atoms with van der Waals surface area (Å²) in [6, 6.07) is 9.27. The molecule has 2 aromatic rings. The summed E-state index contributed by atoms with van der Waals surface area (Å²) in [5, 5.41) is 3.25. The Morgan fingerprint density at radius 2 is 2.00 bits per heavy atom. The molecule has 1 N–H and O–H groups in total. The van der Waals surface area contributed by atoms with E-state index >= 15 is 0 Å². The SMILES string of the molecule is CCc1cc(C(=O)Nc2ccc(C)cc2C)cc(Cl)n1. The number of aryl methyl sites for hydroxylation is 3. The smallest absolute Gasteiger partial charge is 0.255 e. The van der Waals surface area contributed by atoms with Gasteiger partial charge in [0.15, 0.2) is 0 Å². The Balaban J connectivity index is 2.26. The van der Waals surface area contributed by atoms with Crippen molar-refractivity contribution in [3.63, 3.8) is 0 Å². The minimum atomic E-state index is -0.170. The fourth-order valence-corrected chi connectivity index (χ4v) is 2.24. The van der Waals surface area contributed by atoms with Crippen molar-refractivity contribution in [3.8, 4) is 0 Å². The van der Waals surface area contributed by atoms with Crippen LogP contribution in [0.5, 0.6) is 0 Å². The highest BCUT2D eigenvalue weighted by molar-refractivity contribution is 6.29. The topological polar surface area (TPSA) is 42.0 Å². The summed E-state index contributed by atoms with van der Waals surface area (Å²) in [6.07, 6.45) is 0.740. The van der Waals surface area contributed by atoms with Crippen LogP contribution in [-0.2, 0) is 6.42 Å². The number of carbonyl (C=O) groups is 1. The van der Waals surface area contributed by atoms with E-state index in [4.69, 9.17) is 11.6 Å². The van der Waals surface area contributed by atoms with E-state index in [0.717, 1.165) is 23.4 Å². The van der Waals surface area contributed by atoms with Gasteiger partial charge in [0.1, 0.15) is 5.15 Å². The molecule has 0 aliphatic heterocycles. The molecule has 0 bridgehead atoms. The van der Waals surface area contributed by atoms with Crippen LogP contribution < -0.4 is 5.32 Å². The molecule has 4 heteroatoms. The minimum Gasteiger partial charge on any atom is -0.322 e. The van der Waals surface area contributed by atoms with Crippen LogP contribution in [-0.4, -0.2) is 10.9 Å². The van der Waals surface area contributed by atoms with Gasteiger partial charge in [0.25, 0.3) is 5.91 Å². The third-order valence-electron chi connectivity index (χ3n) is 3.10. The molecule has 2 rings (SSSR count). The molecule has 1 aromatic heterocycles. The Labute approximate surface area is 124 Å². The second-order valence-corrected chi connectivity index (χ2v) is 5.18. The van der Waals surface area contributed by atoms with Crippen molar-refractivity contribution in [1.82, 2.24) is 4.98 Å². The summed E-state index contributed by atoms with van der Waals surface area (Å²) < 4.78 is 0. The molecule has 1 aromatic carbocycles. The van der Waals surface area contributed by atoms with E-state index in [1.54, 1.807) is 12.1 Å². The first-order valence-corrected chi connectivity index (χ1v) is 6.92. The third kappa shape index (κ3) is 3.36. The average Bonchev–Trinajstić information content (AvgIpc) is 2.41. The Hall–Kier alpha value is -1.87. The fourth-order valence-electron chi connectivity index (χ4n) is 2.01. The lowest BCUT2D eigenvalue weighted by atomic mass is 10.1. The van der Waals surface area contributed by atoms with Crippen LogP contribution in [0.3, 0.4) is 0 Å². The number of rotatable bonds is 3. The number of halogens is 1. The summed E-state index contributed by atoms with van der Waals surface area (Å²) in [7, 11) is 0. The number of aromatic nitrogens is 1.